The molecule has 1 aromatic rings. The zero-order chi connectivity index (χ0) is 14.7. The molecule has 0 radical (unpaired) electrons. The average Bonchev–Trinajstić information content (AvgIpc) is 2.65. The van der Waals surface area contributed by atoms with Crippen LogP contribution < -0.4 is 4.90 Å². The molecule has 1 aliphatic rings. The van der Waals surface area contributed by atoms with Crippen molar-refractivity contribution >= 4 is 39.9 Å². The number of methoxy groups -OCH3 is 1. The van der Waals surface area contributed by atoms with Crippen LogP contribution in [0, 0.1) is 0 Å². The Kier molecular flexibility index (Phi) is 4.82. The summed E-state index contributed by atoms with van der Waals surface area (Å²) < 4.78 is 4.67. The Morgan fingerprint density at radius 2 is 2.05 bits per heavy atom. The Morgan fingerprint density at radius 3 is 2.70 bits per heavy atom. The molecule has 2 rings (SSSR count). The number of hydrogen-bond acceptors (Lipinski definition) is 6. The van der Waals surface area contributed by atoms with E-state index in [9.17, 15) is 9.59 Å². The van der Waals surface area contributed by atoms with E-state index >= 15 is 0 Å². The molecule has 1 aliphatic heterocycles. The molecule has 8 heteroatoms. The number of carbonyl (C=O) groups is 2. The van der Waals surface area contributed by atoms with Crippen LogP contribution in [0.4, 0.5) is 5.13 Å². The number of ether oxygens (including phenoxy) is 1. The lowest BCUT2D eigenvalue weighted by atomic mass is 10.4. The summed E-state index contributed by atoms with van der Waals surface area (Å²) in [5.74, 6) is -0.391. The van der Waals surface area contributed by atoms with E-state index in [1.165, 1.54) is 18.4 Å². The number of carbonyl (C=O) groups excluding carboxylic acids is 2. The third-order valence-electron chi connectivity index (χ3n) is 3.16. The summed E-state index contributed by atoms with van der Waals surface area (Å²) in [5.41, 5.74) is 0. The second kappa shape index (κ2) is 6.41. The molecule has 0 aromatic carbocycles. The fraction of sp³-hybridized carbons (Fsp3) is 0.583. The van der Waals surface area contributed by atoms with Gasteiger partial charge in [-0.15, -0.1) is 0 Å². The minimum atomic E-state index is -0.473. The highest BCUT2D eigenvalue weighted by atomic mass is 35.5. The van der Waals surface area contributed by atoms with Gasteiger partial charge in [-0.2, -0.15) is 0 Å². The summed E-state index contributed by atoms with van der Waals surface area (Å²) >= 11 is 7.19. The van der Waals surface area contributed by atoms with E-state index in [2.05, 4.69) is 9.72 Å². The number of amides is 1. The van der Waals surface area contributed by atoms with Crippen LogP contribution in [-0.2, 0) is 9.53 Å². The highest BCUT2D eigenvalue weighted by Crippen LogP contribution is 2.30. The fourth-order valence-corrected chi connectivity index (χ4v) is 3.32. The molecular weight excluding hydrogens is 302 g/mol. The molecule has 0 saturated carbocycles. The number of rotatable bonds is 2. The average molecular weight is 318 g/mol. The molecule has 0 atom stereocenters. The van der Waals surface area contributed by atoms with E-state index in [0.29, 0.717) is 23.1 Å². The van der Waals surface area contributed by atoms with E-state index in [1.807, 2.05) is 9.80 Å². The lowest BCUT2D eigenvalue weighted by Gasteiger charge is -2.20. The third-order valence-corrected chi connectivity index (χ3v) is 4.64. The van der Waals surface area contributed by atoms with Crippen LogP contribution in [0.1, 0.15) is 23.0 Å². The third kappa shape index (κ3) is 3.21. The molecule has 1 aromatic heterocycles. The molecule has 0 unspecified atom stereocenters. The van der Waals surface area contributed by atoms with Crippen molar-refractivity contribution in [3.63, 3.8) is 0 Å². The summed E-state index contributed by atoms with van der Waals surface area (Å²) in [7, 11) is 1.31. The predicted octanol–water partition coefficient (Wildman–Crippen LogP) is 1.64. The predicted molar refractivity (Wildman–Crippen MR) is 77.5 cm³/mol. The Morgan fingerprint density at radius 1 is 1.30 bits per heavy atom. The minimum absolute atomic E-state index is 0.0827. The van der Waals surface area contributed by atoms with Gasteiger partial charge in [-0.05, 0) is 6.42 Å². The first kappa shape index (κ1) is 15.1. The number of thiazole rings is 1. The number of aromatic nitrogens is 1. The highest BCUT2D eigenvalue weighted by molar-refractivity contribution is 7.18. The van der Waals surface area contributed by atoms with Crippen molar-refractivity contribution in [2.75, 3.05) is 38.2 Å². The van der Waals surface area contributed by atoms with Crippen molar-refractivity contribution in [1.82, 2.24) is 9.88 Å². The number of esters is 1. The van der Waals surface area contributed by atoms with Gasteiger partial charge in [0.15, 0.2) is 15.2 Å². The maximum absolute atomic E-state index is 11.5. The van der Waals surface area contributed by atoms with E-state index in [4.69, 9.17) is 11.6 Å². The van der Waals surface area contributed by atoms with Crippen LogP contribution in [0.25, 0.3) is 0 Å². The lowest BCUT2D eigenvalue weighted by molar-refractivity contribution is -0.128. The first-order valence-corrected chi connectivity index (χ1v) is 7.47. The summed E-state index contributed by atoms with van der Waals surface area (Å²) in [6.45, 7) is 4.44. The minimum Gasteiger partial charge on any atom is -0.465 e. The van der Waals surface area contributed by atoms with Gasteiger partial charge >= 0.3 is 5.97 Å². The summed E-state index contributed by atoms with van der Waals surface area (Å²) in [4.78, 5) is 31.3. The van der Waals surface area contributed by atoms with Crippen LogP contribution >= 0.6 is 22.9 Å². The summed E-state index contributed by atoms with van der Waals surface area (Å²) in [5, 5.41) is 0.866. The molecule has 1 fully saturated rings. The smallest absolute Gasteiger partial charge is 0.351 e. The molecule has 0 spiro atoms. The van der Waals surface area contributed by atoms with Gasteiger partial charge in [0, 0.05) is 33.1 Å². The highest BCUT2D eigenvalue weighted by Gasteiger charge is 2.23. The molecule has 0 N–H and O–H groups in total. The Balaban J connectivity index is 2.12. The topological polar surface area (TPSA) is 62.7 Å². The first-order chi connectivity index (χ1) is 9.52. The van der Waals surface area contributed by atoms with Crippen molar-refractivity contribution in [1.29, 1.82) is 0 Å². The monoisotopic (exact) mass is 317 g/mol. The molecule has 0 bridgehead atoms. The molecular formula is C12H16ClN3O3S. The second-order valence-electron chi connectivity index (χ2n) is 4.45. The maximum atomic E-state index is 11.5. The quantitative estimate of drug-likeness (QED) is 0.776. The van der Waals surface area contributed by atoms with Gasteiger partial charge in [0.2, 0.25) is 5.91 Å². The van der Waals surface area contributed by atoms with Crippen LogP contribution in [0.2, 0.25) is 5.15 Å². The summed E-state index contributed by atoms with van der Waals surface area (Å²) in [6.07, 6.45) is 0.865. The van der Waals surface area contributed by atoms with Gasteiger partial charge in [-0.25, -0.2) is 9.78 Å². The van der Waals surface area contributed by atoms with Gasteiger partial charge < -0.3 is 14.5 Å². The van der Waals surface area contributed by atoms with E-state index in [-0.39, 0.29) is 11.1 Å². The zero-order valence-electron chi connectivity index (χ0n) is 11.4. The fourth-order valence-electron chi connectivity index (χ4n) is 2.07. The van der Waals surface area contributed by atoms with E-state index in [1.54, 1.807) is 6.92 Å². The standard InChI is InChI=1S/C12H16ClN3O3S/c1-8(17)15-4-3-5-16(7-6-15)12-14-10(13)9(20-12)11(18)19-2/h3-7H2,1-2H3. The van der Waals surface area contributed by atoms with E-state index in [0.717, 1.165) is 19.5 Å². The summed E-state index contributed by atoms with van der Waals surface area (Å²) in [6, 6.07) is 0. The van der Waals surface area contributed by atoms with E-state index < -0.39 is 5.97 Å². The van der Waals surface area contributed by atoms with Crippen LogP contribution in [0.15, 0.2) is 0 Å². The SMILES string of the molecule is COC(=O)c1sc(N2CCCN(C(C)=O)CC2)nc1Cl. The van der Waals surface area contributed by atoms with Gasteiger partial charge in [0.1, 0.15) is 0 Å². The van der Waals surface area contributed by atoms with Crippen LogP contribution in [0.5, 0.6) is 0 Å². The van der Waals surface area contributed by atoms with Crippen molar-refractivity contribution < 1.29 is 14.3 Å². The first-order valence-electron chi connectivity index (χ1n) is 6.28. The Bertz CT molecular complexity index is 520. The zero-order valence-corrected chi connectivity index (χ0v) is 13.0. The van der Waals surface area contributed by atoms with Gasteiger partial charge in [-0.3, -0.25) is 4.79 Å². The number of hydrogen-bond donors (Lipinski definition) is 0. The molecule has 0 aliphatic carbocycles. The normalized spacial score (nSPS) is 15.9. The van der Waals surface area contributed by atoms with Crippen LogP contribution in [0.3, 0.4) is 0 Å². The van der Waals surface area contributed by atoms with Crippen molar-refractivity contribution in [3.8, 4) is 0 Å². The number of anilines is 1. The Labute approximate surface area is 126 Å². The van der Waals surface area contributed by atoms with Crippen LogP contribution in [-0.4, -0.2) is 55.0 Å². The molecule has 20 heavy (non-hydrogen) atoms. The molecule has 2 heterocycles. The largest absolute Gasteiger partial charge is 0.465 e. The van der Waals surface area contributed by atoms with Crippen molar-refractivity contribution in [2.45, 2.75) is 13.3 Å². The molecule has 6 nitrogen and oxygen atoms in total. The maximum Gasteiger partial charge on any atom is 0.351 e. The van der Waals surface area contributed by atoms with Crippen molar-refractivity contribution in [2.24, 2.45) is 0 Å². The molecule has 1 saturated heterocycles. The Hall–Kier alpha value is -1.34. The van der Waals surface area contributed by atoms with Gasteiger partial charge in [-0.1, -0.05) is 22.9 Å². The van der Waals surface area contributed by atoms with Crippen molar-refractivity contribution in [3.05, 3.63) is 10.0 Å². The lowest BCUT2D eigenvalue weighted by Crippen LogP contribution is -2.33. The number of halogens is 1. The number of nitrogens with zero attached hydrogens (tertiary/aromatic N) is 3. The molecule has 1 amide bonds. The van der Waals surface area contributed by atoms with Gasteiger partial charge in [0.05, 0.1) is 7.11 Å². The van der Waals surface area contributed by atoms with Gasteiger partial charge in [0.25, 0.3) is 0 Å². The molecule has 110 valence electrons. The second-order valence-corrected chi connectivity index (χ2v) is 5.79.